The molecule has 0 saturated carbocycles. The van der Waals surface area contributed by atoms with E-state index in [1.54, 1.807) is 12.1 Å². The number of hydrogen-bond donors (Lipinski definition) is 0. The van der Waals surface area contributed by atoms with Gasteiger partial charge < -0.3 is 4.74 Å². The topological polar surface area (TPSA) is 46.6 Å². The first-order valence-corrected chi connectivity index (χ1v) is 12.5. The third-order valence-corrected chi connectivity index (χ3v) is 6.38. The van der Waals surface area contributed by atoms with Crippen LogP contribution in [0, 0.1) is 0 Å². The highest BCUT2D eigenvalue weighted by molar-refractivity contribution is 6.21. The van der Waals surface area contributed by atoms with Gasteiger partial charge in [-0.15, -0.1) is 0 Å². The van der Waals surface area contributed by atoms with Crippen molar-refractivity contribution in [3.8, 4) is 16.9 Å². The van der Waals surface area contributed by atoms with Crippen LogP contribution >= 0.6 is 0 Å². The molecule has 0 atom stereocenters. The molecule has 3 aromatic carbocycles. The summed E-state index contributed by atoms with van der Waals surface area (Å²) in [7, 11) is 0. The molecule has 0 fully saturated rings. The molecule has 0 saturated heterocycles. The van der Waals surface area contributed by atoms with Crippen molar-refractivity contribution in [2.45, 2.75) is 51.4 Å². The Morgan fingerprint density at radius 2 is 1.03 bits per heavy atom. The summed E-state index contributed by atoms with van der Waals surface area (Å²) in [5.41, 5.74) is 3.41. The lowest BCUT2D eigenvalue weighted by Crippen LogP contribution is -2.30. The number of fused-ring (bicyclic) bond motifs is 1. The fourth-order valence-corrected chi connectivity index (χ4v) is 4.51. The molecule has 0 radical (unpaired) electrons. The van der Waals surface area contributed by atoms with Crippen molar-refractivity contribution < 1.29 is 14.3 Å². The smallest absolute Gasteiger partial charge is 0.261 e. The van der Waals surface area contributed by atoms with Crippen molar-refractivity contribution in [1.29, 1.82) is 0 Å². The summed E-state index contributed by atoms with van der Waals surface area (Å²) in [6, 6.07) is 25.7. The van der Waals surface area contributed by atoms with E-state index in [4.69, 9.17) is 4.74 Å². The standard InChI is InChI=1S/C30H33NO3/c32-29-26-19-10-11-20-27(26)30(33)31(29)22-14-5-3-1-2-4-6-15-23-34-28-21-13-12-18-25(28)24-16-8-7-9-17-24/h7-13,16-21H,1-6,14-15,22-23H2. The van der Waals surface area contributed by atoms with Crippen molar-refractivity contribution >= 4 is 11.8 Å². The normalized spacial score (nSPS) is 12.8. The zero-order chi connectivity index (χ0) is 23.6. The molecule has 0 aliphatic carbocycles. The minimum absolute atomic E-state index is 0.144. The van der Waals surface area contributed by atoms with Gasteiger partial charge >= 0.3 is 0 Å². The average Bonchev–Trinajstić information content (AvgIpc) is 3.13. The van der Waals surface area contributed by atoms with Crippen LogP contribution in [-0.2, 0) is 0 Å². The fourth-order valence-electron chi connectivity index (χ4n) is 4.51. The van der Waals surface area contributed by atoms with E-state index in [9.17, 15) is 9.59 Å². The van der Waals surface area contributed by atoms with Gasteiger partial charge in [0.2, 0.25) is 0 Å². The summed E-state index contributed by atoms with van der Waals surface area (Å²) < 4.78 is 6.08. The molecule has 0 aromatic heterocycles. The molecule has 4 heteroatoms. The molecule has 0 N–H and O–H groups in total. The Kier molecular flexibility index (Phi) is 8.50. The summed E-state index contributed by atoms with van der Waals surface area (Å²) in [4.78, 5) is 26.2. The van der Waals surface area contributed by atoms with Gasteiger partial charge in [-0.05, 0) is 36.6 Å². The Labute approximate surface area is 202 Å². The molecule has 0 unspecified atom stereocenters. The molecule has 4 nitrogen and oxygen atoms in total. The lowest BCUT2D eigenvalue weighted by atomic mass is 10.0. The molecule has 1 aliphatic heterocycles. The van der Waals surface area contributed by atoms with Gasteiger partial charge in [0.15, 0.2) is 0 Å². The van der Waals surface area contributed by atoms with Crippen LogP contribution in [0.15, 0.2) is 78.9 Å². The van der Waals surface area contributed by atoms with E-state index in [1.165, 1.54) is 36.1 Å². The molecule has 0 bridgehead atoms. The third-order valence-electron chi connectivity index (χ3n) is 6.38. The zero-order valence-corrected chi connectivity index (χ0v) is 19.7. The van der Waals surface area contributed by atoms with Crippen LogP contribution in [0.3, 0.4) is 0 Å². The molecule has 176 valence electrons. The maximum Gasteiger partial charge on any atom is 0.261 e. The molecule has 2 amide bonds. The monoisotopic (exact) mass is 455 g/mol. The average molecular weight is 456 g/mol. The minimum atomic E-state index is -0.144. The first-order valence-electron chi connectivity index (χ1n) is 12.5. The first kappa shape index (κ1) is 23.7. The molecule has 3 aromatic rings. The second-order valence-electron chi connectivity index (χ2n) is 8.85. The van der Waals surface area contributed by atoms with Gasteiger partial charge in [-0.1, -0.05) is 99.2 Å². The molecular formula is C30H33NO3. The van der Waals surface area contributed by atoms with E-state index in [2.05, 4.69) is 36.4 Å². The van der Waals surface area contributed by atoms with Crippen LogP contribution in [0.4, 0.5) is 0 Å². The van der Waals surface area contributed by atoms with Gasteiger partial charge in [0.25, 0.3) is 11.8 Å². The lowest BCUT2D eigenvalue weighted by Gasteiger charge is -2.13. The number of unbranched alkanes of at least 4 members (excludes halogenated alkanes) is 7. The molecule has 1 heterocycles. The van der Waals surface area contributed by atoms with Crippen LogP contribution in [0.5, 0.6) is 5.75 Å². The summed E-state index contributed by atoms with van der Waals surface area (Å²) in [5, 5.41) is 0. The number of nitrogens with zero attached hydrogens (tertiary/aromatic N) is 1. The second-order valence-corrected chi connectivity index (χ2v) is 8.85. The van der Waals surface area contributed by atoms with Gasteiger partial charge in [-0.2, -0.15) is 0 Å². The fraction of sp³-hybridized carbons (Fsp3) is 0.333. The Morgan fingerprint density at radius 3 is 1.68 bits per heavy atom. The van der Waals surface area contributed by atoms with Gasteiger partial charge in [0.1, 0.15) is 5.75 Å². The number of carbonyl (C=O) groups is 2. The van der Waals surface area contributed by atoms with E-state index in [-0.39, 0.29) is 11.8 Å². The third kappa shape index (κ3) is 5.93. The summed E-state index contributed by atoms with van der Waals surface area (Å²) in [5.74, 6) is 0.662. The van der Waals surface area contributed by atoms with E-state index >= 15 is 0 Å². The van der Waals surface area contributed by atoms with Crippen molar-refractivity contribution in [3.05, 3.63) is 90.0 Å². The van der Waals surface area contributed by atoms with E-state index in [0.717, 1.165) is 43.6 Å². The lowest BCUT2D eigenvalue weighted by molar-refractivity contribution is 0.0651. The van der Waals surface area contributed by atoms with E-state index in [1.807, 2.05) is 30.3 Å². The van der Waals surface area contributed by atoms with Crippen molar-refractivity contribution in [2.24, 2.45) is 0 Å². The second kappa shape index (κ2) is 12.2. The number of imide groups is 1. The Bertz CT molecular complexity index is 1060. The summed E-state index contributed by atoms with van der Waals surface area (Å²) in [6.07, 6.45) is 8.91. The highest BCUT2D eigenvalue weighted by Crippen LogP contribution is 2.29. The number of carbonyl (C=O) groups excluding carboxylic acids is 2. The summed E-state index contributed by atoms with van der Waals surface area (Å²) in [6.45, 7) is 1.26. The number of ether oxygens (including phenoxy) is 1. The number of benzene rings is 3. The SMILES string of the molecule is O=C1c2ccccc2C(=O)N1CCCCCCCCCCOc1ccccc1-c1ccccc1. The van der Waals surface area contributed by atoms with Gasteiger partial charge in [-0.25, -0.2) is 0 Å². The number of hydrogen-bond acceptors (Lipinski definition) is 3. The Hall–Kier alpha value is -3.40. The summed E-state index contributed by atoms with van der Waals surface area (Å²) >= 11 is 0. The molecule has 4 rings (SSSR count). The molecule has 1 aliphatic rings. The predicted molar refractivity (Wildman–Crippen MR) is 136 cm³/mol. The van der Waals surface area contributed by atoms with Crippen LogP contribution in [0.25, 0.3) is 11.1 Å². The largest absolute Gasteiger partial charge is 0.493 e. The Balaban J connectivity index is 1.05. The molecular weight excluding hydrogens is 422 g/mol. The van der Waals surface area contributed by atoms with Crippen LogP contribution < -0.4 is 4.74 Å². The van der Waals surface area contributed by atoms with Crippen LogP contribution in [0.2, 0.25) is 0 Å². The van der Waals surface area contributed by atoms with Crippen molar-refractivity contribution in [1.82, 2.24) is 4.90 Å². The minimum Gasteiger partial charge on any atom is -0.493 e. The van der Waals surface area contributed by atoms with Gasteiger partial charge in [-0.3, -0.25) is 14.5 Å². The predicted octanol–water partition coefficient (Wildman–Crippen LogP) is 7.15. The van der Waals surface area contributed by atoms with Crippen LogP contribution in [-0.4, -0.2) is 29.9 Å². The van der Waals surface area contributed by atoms with Crippen molar-refractivity contribution in [3.63, 3.8) is 0 Å². The quantitative estimate of drug-likeness (QED) is 0.203. The maximum atomic E-state index is 12.4. The van der Waals surface area contributed by atoms with Gasteiger partial charge in [0, 0.05) is 12.1 Å². The maximum absolute atomic E-state index is 12.4. The van der Waals surface area contributed by atoms with Gasteiger partial charge in [0.05, 0.1) is 17.7 Å². The highest BCUT2D eigenvalue weighted by atomic mass is 16.5. The zero-order valence-electron chi connectivity index (χ0n) is 19.7. The highest BCUT2D eigenvalue weighted by Gasteiger charge is 2.34. The number of rotatable bonds is 13. The Morgan fingerprint density at radius 1 is 0.529 bits per heavy atom. The molecule has 0 spiro atoms. The van der Waals surface area contributed by atoms with Crippen LogP contribution in [0.1, 0.15) is 72.1 Å². The molecule has 34 heavy (non-hydrogen) atoms. The van der Waals surface area contributed by atoms with Crippen molar-refractivity contribution in [2.75, 3.05) is 13.2 Å². The number of para-hydroxylation sites is 1. The first-order chi connectivity index (χ1) is 16.8. The van der Waals surface area contributed by atoms with E-state index < -0.39 is 0 Å². The number of amides is 2. The van der Waals surface area contributed by atoms with E-state index in [0.29, 0.717) is 17.7 Å².